The minimum absolute atomic E-state index is 0.190. The summed E-state index contributed by atoms with van der Waals surface area (Å²) in [4.78, 5) is 24.4. The number of hydrogen-bond donors (Lipinski definition) is 2. The van der Waals surface area contributed by atoms with E-state index >= 15 is 0 Å². The zero-order valence-electron chi connectivity index (χ0n) is 11.7. The summed E-state index contributed by atoms with van der Waals surface area (Å²) in [6.45, 7) is 0. The van der Waals surface area contributed by atoms with Crippen LogP contribution in [0.4, 0.5) is 15.1 Å². The van der Waals surface area contributed by atoms with Gasteiger partial charge in [-0.2, -0.15) is 0 Å². The minimum Gasteiger partial charge on any atom is -0.459 e. The smallest absolute Gasteiger partial charge is 0.291 e. The van der Waals surface area contributed by atoms with Crippen molar-refractivity contribution < 1.29 is 18.4 Å². The number of nitrogens with one attached hydrogen (secondary N) is 2. The van der Waals surface area contributed by atoms with Gasteiger partial charge in [-0.3, -0.25) is 9.59 Å². The average Bonchev–Trinajstić information content (AvgIpc) is 3.20. The van der Waals surface area contributed by atoms with Gasteiger partial charge in [0.15, 0.2) is 5.76 Å². The lowest BCUT2D eigenvalue weighted by molar-refractivity contribution is 0.0995. The third-order valence-corrected chi connectivity index (χ3v) is 3.91. The SMILES string of the molecule is O=C(Nc1ccc(C(=O)Nc2ccc(F)cc2)s1)c1ccco1. The van der Waals surface area contributed by atoms with Crippen LogP contribution in [0.5, 0.6) is 0 Å². The van der Waals surface area contributed by atoms with Gasteiger partial charge in [-0.25, -0.2) is 4.39 Å². The lowest BCUT2D eigenvalue weighted by Gasteiger charge is -2.03. The Hall–Kier alpha value is -2.93. The van der Waals surface area contributed by atoms with Crippen LogP contribution in [0.1, 0.15) is 20.2 Å². The van der Waals surface area contributed by atoms with Crippen molar-refractivity contribution >= 4 is 33.8 Å². The molecule has 2 N–H and O–H groups in total. The molecule has 2 aromatic heterocycles. The molecule has 0 radical (unpaired) electrons. The number of hydrogen-bond acceptors (Lipinski definition) is 4. The highest BCUT2D eigenvalue weighted by atomic mass is 32.1. The van der Waals surface area contributed by atoms with Gasteiger partial charge in [0.25, 0.3) is 11.8 Å². The van der Waals surface area contributed by atoms with E-state index in [9.17, 15) is 14.0 Å². The maximum absolute atomic E-state index is 12.8. The molecule has 0 aliphatic carbocycles. The van der Waals surface area contributed by atoms with Gasteiger partial charge in [-0.1, -0.05) is 0 Å². The first-order valence-electron chi connectivity index (χ1n) is 6.63. The van der Waals surface area contributed by atoms with E-state index < -0.39 is 0 Å². The molecule has 0 aliphatic heterocycles. The van der Waals surface area contributed by atoms with Crippen LogP contribution in [0.3, 0.4) is 0 Å². The summed E-state index contributed by atoms with van der Waals surface area (Å²) in [7, 11) is 0. The van der Waals surface area contributed by atoms with Crippen LogP contribution in [-0.4, -0.2) is 11.8 Å². The maximum Gasteiger partial charge on any atom is 0.291 e. The van der Waals surface area contributed by atoms with Crippen LogP contribution in [0.15, 0.2) is 59.2 Å². The van der Waals surface area contributed by atoms with Crippen molar-refractivity contribution in [2.24, 2.45) is 0 Å². The van der Waals surface area contributed by atoms with Crippen LogP contribution >= 0.6 is 11.3 Å². The minimum atomic E-state index is -0.387. The molecule has 0 bridgehead atoms. The Morgan fingerprint density at radius 2 is 1.74 bits per heavy atom. The fraction of sp³-hybridized carbons (Fsp3) is 0. The van der Waals surface area contributed by atoms with Crippen molar-refractivity contribution in [3.63, 3.8) is 0 Å². The first-order valence-corrected chi connectivity index (χ1v) is 7.45. The van der Waals surface area contributed by atoms with Gasteiger partial charge < -0.3 is 15.1 Å². The van der Waals surface area contributed by atoms with E-state index in [0.717, 1.165) is 11.3 Å². The van der Waals surface area contributed by atoms with E-state index in [4.69, 9.17) is 4.42 Å². The van der Waals surface area contributed by atoms with Crippen LogP contribution < -0.4 is 10.6 Å². The zero-order chi connectivity index (χ0) is 16.2. The number of benzene rings is 1. The Kier molecular flexibility index (Phi) is 4.20. The summed E-state index contributed by atoms with van der Waals surface area (Å²) in [5.41, 5.74) is 0.492. The second kappa shape index (κ2) is 6.45. The summed E-state index contributed by atoms with van der Waals surface area (Å²) in [6.07, 6.45) is 1.41. The molecule has 5 nitrogen and oxygen atoms in total. The summed E-state index contributed by atoms with van der Waals surface area (Å²) in [5, 5.41) is 5.82. The Morgan fingerprint density at radius 1 is 0.957 bits per heavy atom. The first kappa shape index (κ1) is 15.0. The number of carbonyl (C=O) groups is 2. The van der Waals surface area contributed by atoms with Gasteiger partial charge in [-0.05, 0) is 48.5 Å². The molecule has 0 fully saturated rings. The number of carbonyl (C=O) groups excluding carboxylic acids is 2. The molecule has 116 valence electrons. The number of anilines is 2. The molecular formula is C16H11FN2O3S. The average molecular weight is 330 g/mol. The number of halogens is 1. The Balaban J connectivity index is 1.65. The van der Waals surface area contributed by atoms with Crippen LogP contribution in [0.2, 0.25) is 0 Å². The van der Waals surface area contributed by atoms with E-state index in [1.807, 2.05) is 0 Å². The predicted molar refractivity (Wildman–Crippen MR) is 85.3 cm³/mol. The number of furan rings is 1. The molecule has 1 aromatic carbocycles. The number of thiophene rings is 1. The molecule has 7 heteroatoms. The van der Waals surface area contributed by atoms with Crippen LogP contribution in [0, 0.1) is 5.82 Å². The summed E-state index contributed by atoms with van der Waals surface area (Å²) >= 11 is 1.13. The van der Waals surface area contributed by atoms with Gasteiger partial charge in [0.1, 0.15) is 5.82 Å². The molecule has 0 spiro atoms. The molecule has 0 aliphatic rings. The summed E-state index contributed by atoms with van der Waals surface area (Å²) < 4.78 is 17.8. The topological polar surface area (TPSA) is 71.3 Å². The van der Waals surface area contributed by atoms with Crippen LogP contribution in [-0.2, 0) is 0 Å². The number of rotatable bonds is 4. The summed E-state index contributed by atoms with van der Waals surface area (Å²) in [6, 6.07) is 11.9. The molecule has 0 unspecified atom stereocenters. The molecule has 2 heterocycles. The van der Waals surface area contributed by atoms with Gasteiger partial charge in [-0.15, -0.1) is 11.3 Å². The zero-order valence-corrected chi connectivity index (χ0v) is 12.5. The van der Waals surface area contributed by atoms with Crippen molar-refractivity contribution in [2.45, 2.75) is 0 Å². The molecular weight excluding hydrogens is 319 g/mol. The normalized spacial score (nSPS) is 10.3. The lowest BCUT2D eigenvalue weighted by Crippen LogP contribution is -2.10. The third kappa shape index (κ3) is 3.64. The Bertz CT molecular complexity index is 825. The highest BCUT2D eigenvalue weighted by Crippen LogP contribution is 2.23. The van der Waals surface area contributed by atoms with Gasteiger partial charge in [0.05, 0.1) is 16.1 Å². The molecule has 0 saturated carbocycles. The highest BCUT2D eigenvalue weighted by molar-refractivity contribution is 7.18. The van der Waals surface area contributed by atoms with Crippen molar-refractivity contribution in [1.29, 1.82) is 0 Å². The van der Waals surface area contributed by atoms with E-state index in [0.29, 0.717) is 15.6 Å². The molecule has 23 heavy (non-hydrogen) atoms. The third-order valence-electron chi connectivity index (χ3n) is 2.91. The highest BCUT2D eigenvalue weighted by Gasteiger charge is 2.13. The number of amides is 2. The van der Waals surface area contributed by atoms with Crippen molar-refractivity contribution in [2.75, 3.05) is 10.6 Å². The van der Waals surface area contributed by atoms with Gasteiger partial charge in [0, 0.05) is 5.69 Å². The second-order valence-electron chi connectivity index (χ2n) is 4.56. The van der Waals surface area contributed by atoms with Crippen molar-refractivity contribution in [1.82, 2.24) is 0 Å². The second-order valence-corrected chi connectivity index (χ2v) is 5.64. The Labute approximate surface area is 134 Å². The molecule has 0 atom stereocenters. The first-order chi connectivity index (χ1) is 11.1. The molecule has 3 rings (SSSR count). The maximum atomic E-state index is 12.8. The standard InChI is InChI=1S/C16H11FN2O3S/c17-10-3-5-11(6-4-10)18-16(21)13-7-8-14(23-13)19-15(20)12-2-1-9-22-12/h1-9H,(H,18,21)(H,19,20). The van der Waals surface area contributed by atoms with E-state index in [-0.39, 0.29) is 23.4 Å². The largest absolute Gasteiger partial charge is 0.459 e. The predicted octanol–water partition coefficient (Wildman–Crippen LogP) is 3.98. The van der Waals surface area contributed by atoms with E-state index in [1.165, 1.54) is 30.5 Å². The van der Waals surface area contributed by atoms with E-state index in [2.05, 4.69) is 10.6 Å². The van der Waals surface area contributed by atoms with Crippen molar-refractivity contribution in [3.8, 4) is 0 Å². The lowest BCUT2D eigenvalue weighted by atomic mass is 10.3. The van der Waals surface area contributed by atoms with Gasteiger partial charge >= 0.3 is 0 Å². The molecule has 2 amide bonds. The summed E-state index contributed by atoms with van der Waals surface area (Å²) in [5.74, 6) is -0.903. The van der Waals surface area contributed by atoms with Gasteiger partial charge in [0.2, 0.25) is 0 Å². The Morgan fingerprint density at radius 3 is 2.43 bits per heavy atom. The monoisotopic (exact) mass is 330 g/mol. The van der Waals surface area contributed by atoms with E-state index in [1.54, 1.807) is 24.3 Å². The fourth-order valence-electron chi connectivity index (χ4n) is 1.83. The molecule has 3 aromatic rings. The molecule has 0 saturated heterocycles. The van der Waals surface area contributed by atoms with Crippen molar-refractivity contribution in [3.05, 3.63) is 71.2 Å². The fourth-order valence-corrected chi connectivity index (χ4v) is 2.63. The quantitative estimate of drug-likeness (QED) is 0.760. The van der Waals surface area contributed by atoms with Crippen LogP contribution in [0.25, 0.3) is 0 Å².